The maximum absolute atomic E-state index is 15.0. The van der Waals surface area contributed by atoms with Crippen molar-refractivity contribution in [2.24, 2.45) is 0 Å². The molecule has 1 fully saturated rings. The molecule has 2 aromatic heterocycles. The second kappa shape index (κ2) is 24.4. The third-order valence-corrected chi connectivity index (χ3v) is 11.4. The molecule has 0 aliphatic carbocycles. The molecule has 1 aliphatic rings. The number of phosphoric ester groups is 1. The van der Waals surface area contributed by atoms with Gasteiger partial charge in [0.2, 0.25) is 5.60 Å². The Morgan fingerprint density at radius 1 is 0.949 bits per heavy atom. The molecule has 16 nitrogen and oxygen atoms in total. The van der Waals surface area contributed by atoms with E-state index in [0.29, 0.717) is 12.1 Å². The zero-order chi connectivity index (χ0) is 42.7. The Morgan fingerprint density at radius 2 is 1.58 bits per heavy atom. The fraction of sp³-hybridized carbons (Fsp3) is 0.659. The molecule has 0 spiro atoms. The molecule has 3 heterocycles. The van der Waals surface area contributed by atoms with Crippen LogP contribution in [-0.4, -0.2) is 87.7 Å². The van der Waals surface area contributed by atoms with Crippen molar-refractivity contribution in [3.8, 4) is 23.6 Å². The molecule has 3 aromatic rings. The summed E-state index contributed by atoms with van der Waals surface area (Å²) >= 11 is 0. The molecule has 1 aliphatic heterocycles. The van der Waals surface area contributed by atoms with Gasteiger partial charge in [-0.3, -0.25) is 9.05 Å². The molecule has 0 bridgehead atoms. The fourth-order valence-corrected chi connectivity index (χ4v) is 7.84. The lowest BCUT2D eigenvalue weighted by Crippen LogP contribution is -2.41. The lowest BCUT2D eigenvalue weighted by atomic mass is 9.92. The van der Waals surface area contributed by atoms with Gasteiger partial charge in [-0.15, -0.1) is 0 Å². The number of nitrogens with zero attached hydrogens (tertiary/aromatic N) is 5. The van der Waals surface area contributed by atoms with Crippen LogP contribution in [0.3, 0.4) is 0 Å². The second-order valence-corrected chi connectivity index (χ2v) is 16.3. The first-order valence-electron chi connectivity index (χ1n) is 20.7. The van der Waals surface area contributed by atoms with Crippen LogP contribution in [0.1, 0.15) is 121 Å². The minimum atomic E-state index is -4.92. The molecule has 5 N–H and O–H groups in total. The highest BCUT2D eigenvalue weighted by atomic mass is 31.2. The first kappa shape index (κ1) is 47.8. The summed E-state index contributed by atoms with van der Waals surface area (Å²) in [5, 5.41) is 45.3. The predicted molar refractivity (Wildman–Crippen MR) is 216 cm³/mol. The van der Waals surface area contributed by atoms with Crippen molar-refractivity contribution in [2.45, 2.75) is 140 Å². The van der Waals surface area contributed by atoms with E-state index in [1.807, 2.05) is 12.1 Å². The smallest absolute Gasteiger partial charge is 0.472 e. The number of phosphoric acid groups is 1. The number of hydrogen-bond donors (Lipinski definition) is 4. The van der Waals surface area contributed by atoms with Crippen molar-refractivity contribution in [3.05, 3.63) is 47.7 Å². The van der Waals surface area contributed by atoms with Gasteiger partial charge in [0, 0.05) is 12.7 Å². The molecule has 0 amide bonds. The van der Waals surface area contributed by atoms with Gasteiger partial charge in [-0.25, -0.2) is 18.5 Å². The number of aromatic nitrogens is 3. The van der Waals surface area contributed by atoms with Crippen molar-refractivity contribution < 1.29 is 52.1 Å². The van der Waals surface area contributed by atoms with E-state index >= 15 is 0 Å². The molecule has 1 saturated heterocycles. The Balaban J connectivity index is 1.24. The van der Waals surface area contributed by atoms with E-state index in [4.69, 9.17) is 33.7 Å². The van der Waals surface area contributed by atoms with Crippen molar-refractivity contribution in [3.63, 3.8) is 0 Å². The maximum atomic E-state index is 15.0. The normalized spacial score (nSPS) is 20.6. The number of fused-ring (bicyclic) bond motifs is 1. The number of rotatable bonds is 29. The number of benzene rings is 1. The summed E-state index contributed by atoms with van der Waals surface area (Å²) in [7, 11) is -3.61. The number of halogens is 1. The molecule has 18 heteroatoms. The number of ether oxygens (including phenoxy) is 4. The Morgan fingerprint density at radius 3 is 2.17 bits per heavy atom. The van der Waals surface area contributed by atoms with Crippen LogP contribution in [0.5, 0.6) is 11.5 Å². The van der Waals surface area contributed by atoms with Gasteiger partial charge in [-0.05, 0) is 24.6 Å². The summed E-state index contributed by atoms with van der Waals surface area (Å²) in [5.74, 6) is -1.02. The molecule has 0 radical (unpaired) electrons. The lowest BCUT2D eigenvalue weighted by molar-refractivity contribution is -0.0652. The zero-order valence-electron chi connectivity index (χ0n) is 34.2. The molecular weight excluding hydrogens is 786 g/mol. The zero-order valence-corrected chi connectivity index (χ0v) is 35.1. The third kappa shape index (κ3) is 13.8. The summed E-state index contributed by atoms with van der Waals surface area (Å²) < 4.78 is 62.2. The van der Waals surface area contributed by atoms with Crippen LogP contribution < -0.4 is 15.2 Å². The van der Waals surface area contributed by atoms with Crippen LogP contribution in [-0.2, 0) is 28.7 Å². The van der Waals surface area contributed by atoms with Crippen LogP contribution in [0.25, 0.3) is 5.52 Å². The quantitative estimate of drug-likeness (QED) is 0.0405. The summed E-state index contributed by atoms with van der Waals surface area (Å²) in [4.78, 5) is 14.5. The molecule has 59 heavy (non-hydrogen) atoms. The average molecular weight is 847 g/mol. The summed E-state index contributed by atoms with van der Waals surface area (Å²) in [6.45, 7) is 1.07. The van der Waals surface area contributed by atoms with Gasteiger partial charge >= 0.3 is 7.82 Å². The van der Waals surface area contributed by atoms with Gasteiger partial charge in [0.05, 0.1) is 38.2 Å². The molecule has 0 saturated carbocycles. The number of nitrogen functional groups attached to an aromatic ring is 1. The van der Waals surface area contributed by atoms with Crippen molar-refractivity contribution in [1.82, 2.24) is 14.6 Å². The second-order valence-electron chi connectivity index (χ2n) is 14.9. The molecule has 326 valence electrons. The Bertz CT molecular complexity index is 1870. The first-order valence-corrected chi connectivity index (χ1v) is 22.2. The van der Waals surface area contributed by atoms with Gasteiger partial charge in [-0.1, -0.05) is 103 Å². The van der Waals surface area contributed by atoms with Crippen LogP contribution in [0.15, 0.2) is 30.6 Å². The number of aliphatic hydroxyl groups excluding tert-OH is 2. The SMILES string of the molecule is CCCCCCCCCCCCCCCCCCOC[C@H](COP(=O)(O)OC[C@H]1O[C@@](C#N)(c2ccc3c(N)ncnn23)[C@H](O)[C@@H]1O)Oc1cc(OC)c(C#N)cc1F. The van der Waals surface area contributed by atoms with E-state index in [1.54, 1.807) is 0 Å². The minimum absolute atomic E-state index is 0.0350. The number of aliphatic hydroxyl groups is 2. The van der Waals surface area contributed by atoms with Gasteiger partial charge in [0.25, 0.3) is 0 Å². The molecular formula is C41H60FN6O10P. The lowest BCUT2D eigenvalue weighted by Gasteiger charge is -2.24. The highest BCUT2D eigenvalue weighted by Crippen LogP contribution is 2.46. The summed E-state index contributed by atoms with van der Waals surface area (Å²) in [6, 6.07) is 8.79. The topological polar surface area (TPSA) is 237 Å². The van der Waals surface area contributed by atoms with Crippen molar-refractivity contribution >= 4 is 19.2 Å². The van der Waals surface area contributed by atoms with Crippen molar-refractivity contribution in [2.75, 3.05) is 39.3 Å². The van der Waals surface area contributed by atoms with Gasteiger partial charge in [-0.2, -0.15) is 15.6 Å². The predicted octanol–water partition coefficient (Wildman–Crippen LogP) is 7.03. The van der Waals surface area contributed by atoms with Gasteiger partial charge in [0.15, 0.2) is 17.4 Å². The van der Waals surface area contributed by atoms with Gasteiger partial charge in [0.1, 0.15) is 54.1 Å². The Hall–Kier alpha value is -3.90. The maximum Gasteiger partial charge on any atom is 0.472 e. The third-order valence-electron chi connectivity index (χ3n) is 10.4. The Labute approximate surface area is 345 Å². The molecule has 1 unspecified atom stereocenters. The molecule has 4 rings (SSSR count). The Kier molecular flexibility index (Phi) is 19.7. The highest BCUT2D eigenvalue weighted by Gasteiger charge is 2.58. The number of nitrogens with two attached hydrogens (primary N) is 1. The van der Waals surface area contributed by atoms with Crippen LogP contribution in [0.4, 0.5) is 10.2 Å². The first-order chi connectivity index (χ1) is 28.5. The van der Waals surface area contributed by atoms with E-state index in [0.717, 1.165) is 38.1 Å². The average Bonchev–Trinajstić information content (AvgIpc) is 3.78. The molecule has 1 aromatic carbocycles. The van der Waals surface area contributed by atoms with E-state index in [2.05, 4.69) is 17.0 Å². The van der Waals surface area contributed by atoms with E-state index < -0.39 is 56.9 Å². The summed E-state index contributed by atoms with van der Waals surface area (Å²) in [6.07, 6.45) is 14.7. The van der Waals surface area contributed by atoms with Gasteiger partial charge < -0.3 is 39.8 Å². The van der Waals surface area contributed by atoms with Crippen molar-refractivity contribution in [1.29, 1.82) is 10.5 Å². The van der Waals surface area contributed by atoms with Crippen LogP contribution in [0, 0.1) is 28.5 Å². The van der Waals surface area contributed by atoms with E-state index in [-0.39, 0.29) is 35.2 Å². The number of unbranched alkanes of at least 4 members (excludes halogenated alkanes) is 15. The number of nitriles is 2. The fourth-order valence-electron chi connectivity index (χ4n) is 7.08. The minimum Gasteiger partial charge on any atom is -0.495 e. The van der Waals surface area contributed by atoms with E-state index in [1.165, 1.54) is 107 Å². The number of hydrogen-bond acceptors (Lipinski definition) is 14. The number of anilines is 1. The number of methoxy groups -OCH3 is 1. The van der Waals surface area contributed by atoms with Crippen LogP contribution in [0.2, 0.25) is 0 Å². The standard InChI is InChI=1S/C41H60FN6O10P/c1-3-4-5-6-7-8-9-10-11-12-13-14-15-16-17-18-21-54-25-31(57-35-23-34(53-2)30(24-43)22-32(35)42)26-55-59(51,52)56-27-36-38(49)39(50)41(28-44,58-36)37-20-19-33-40(45)46-29-47-48(33)37/h19-20,22-23,29,31,36,38-39,49-50H,3-18,21,25-27H2,1-2H3,(H,51,52)(H2,45,46,47)/t31-,36-,38-,39-,41+/m1/s1. The monoisotopic (exact) mass is 846 g/mol. The van der Waals surface area contributed by atoms with Crippen LogP contribution >= 0.6 is 7.82 Å². The highest BCUT2D eigenvalue weighted by molar-refractivity contribution is 7.47. The largest absolute Gasteiger partial charge is 0.495 e. The summed E-state index contributed by atoms with van der Waals surface area (Å²) in [5.41, 5.74) is 4.05. The molecule has 6 atom stereocenters. The van der Waals surface area contributed by atoms with E-state index in [9.17, 15) is 34.6 Å².